The Labute approximate surface area is 199 Å². The van der Waals surface area contributed by atoms with Crippen LogP contribution in [0.3, 0.4) is 0 Å². The summed E-state index contributed by atoms with van der Waals surface area (Å²) in [5.74, 6) is 0. The molecule has 0 heterocycles. The first-order valence-electron chi connectivity index (χ1n) is 10.5. The number of hydrogen-bond donors (Lipinski definition) is 1. The summed E-state index contributed by atoms with van der Waals surface area (Å²) in [6.07, 6.45) is -3.25. The number of nitrogens with one attached hydrogen (secondary N) is 1. The molecule has 0 aliphatic carbocycles. The van der Waals surface area contributed by atoms with Crippen LogP contribution in [0.2, 0.25) is 0 Å². The van der Waals surface area contributed by atoms with Gasteiger partial charge in [0, 0.05) is 23.1 Å². The van der Waals surface area contributed by atoms with Crippen LogP contribution in [0.15, 0.2) is 108 Å². The van der Waals surface area contributed by atoms with Crippen molar-refractivity contribution in [2.45, 2.75) is 6.18 Å². The third kappa shape index (κ3) is 5.64. The first-order chi connectivity index (χ1) is 16.8. The van der Waals surface area contributed by atoms with Gasteiger partial charge in [0.05, 0.1) is 16.7 Å². The van der Waals surface area contributed by atoms with E-state index >= 15 is 0 Å². The summed E-state index contributed by atoms with van der Waals surface area (Å²) in [5, 5.41) is 15.2. The Balaban J connectivity index is 1.54. The fourth-order valence-corrected chi connectivity index (χ4v) is 3.44. The predicted octanol–water partition coefficient (Wildman–Crippen LogP) is 7.53. The minimum absolute atomic E-state index is 0.143. The molecule has 6 nitrogen and oxygen atoms in total. The molecular weight excluding hydrogens is 457 g/mol. The number of anilines is 4. The van der Waals surface area contributed by atoms with Gasteiger partial charge in [-0.2, -0.15) is 18.3 Å². The molecule has 4 aromatic rings. The Bertz CT molecular complexity index is 1290. The van der Waals surface area contributed by atoms with Gasteiger partial charge in [-0.25, -0.2) is 0 Å². The lowest BCUT2D eigenvalue weighted by molar-refractivity contribution is -0.384. The molecular formula is C26H19F3N4O2. The van der Waals surface area contributed by atoms with Crippen LogP contribution in [0.5, 0.6) is 0 Å². The molecule has 0 unspecified atom stereocenters. The van der Waals surface area contributed by atoms with Crippen LogP contribution >= 0.6 is 0 Å². The second-order valence-electron chi connectivity index (χ2n) is 7.45. The van der Waals surface area contributed by atoms with Crippen LogP contribution in [0.4, 0.5) is 41.6 Å². The zero-order chi connectivity index (χ0) is 24.8. The normalized spacial score (nSPS) is 11.4. The maximum atomic E-state index is 12.9. The highest BCUT2D eigenvalue weighted by Gasteiger charge is 2.33. The van der Waals surface area contributed by atoms with Crippen molar-refractivity contribution in [3.63, 3.8) is 0 Å². The lowest BCUT2D eigenvalue weighted by Crippen LogP contribution is -2.09. The molecule has 0 spiro atoms. The summed E-state index contributed by atoms with van der Waals surface area (Å²) in [5.41, 5.74) is 4.07. The number of alkyl halides is 3. The van der Waals surface area contributed by atoms with Gasteiger partial charge in [0.25, 0.3) is 5.69 Å². The quantitative estimate of drug-likeness (QED) is 0.170. The van der Waals surface area contributed by atoms with Gasteiger partial charge in [-0.3, -0.25) is 15.5 Å². The van der Waals surface area contributed by atoms with Gasteiger partial charge >= 0.3 is 6.18 Å². The van der Waals surface area contributed by atoms with Gasteiger partial charge in [-0.15, -0.1) is 0 Å². The maximum absolute atomic E-state index is 12.9. The number of nitro groups is 1. The molecule has 4 aromatic carbocycles. The van der Waals surface area contributed by atoms with Gasteiger partial charge in [0.15, 0.2) is 0 Å². The zero-order valence-electron chi connectivity index (χ0n) is 18.2. The van der Waals surface area contributed by atoms with Crippen LogP contribution in [0, 0.1) is 10.1 Å². The molecule has 0 saturated heterocycles. The van der Waals surface area contributed by atoms with Crippen molar-refractivity contribution in [3.05, 3.63) is 124 Å². The Morgan fingerprint density at radius 1 is 0.800 bits per heavy atom. The Morgan fingerprint density at radius 2 is 1.34 bits per heavy atom. The number of nitrogens with zero attached hydrogens (tertiary/aromatic N) is 3. The van der Waals surface area contributed by atoms with Crippen LogP contribution in [0.25, 0.3) is 0 Å². The Hall–Kier alpha value is -4.66. The van der Waals surface area contributed by atoms with Gasteiger partial charge in [-0.05, 0) is 54.1 Å². The summed E-state index contributed by atoms with van der Waals surface area (Å²) in [6.45, 7) is 0. The smallest absolute Gasteiger partial charge is 0.311 e. The first kappa shape index (κ1) is 23.5. The summed E-state index contributed by atoms with van der Waals surface area (Å²) in [6, 6.07) is 29.4. The number of rotatable bonds is 7. The topological polar surface area (TPSA) is 70.8 Å². The molecule has 0 aromatic heterocycles. The molecule has 176 valence electrons. The largest absolute Gasteiger partial charge is 0.416 e. The molecule has 0 atom stereocenters. The van der Waals surface area contributed by atoms with E-state index in [-0.39, 0.29) is 5.69 Å². The Morgan fingerprint density at radius 3 is 1.86 bits per heavy atom. The van der Waals surface area contributed by atoms with Crippen molar-refractivity contribution in [1.82, 2.24) is 0 Å². The molecule has 4 rings (SSSR count). The third-order valence-electron chi connectivity index (χ3n) is 5.10. The van der Waals surface area contributed by atoms with E-state index in [9.17, 15) is 23.3 Å². The molecule has 0 fully saturated rings. The van der Waals surface area contributed by atoms with E-state index in [0.29, 0.717) is 11.6 Å². The molecule has 1 N–H and O–H groups in total. The number of nitro benzene ring substituents is 1. The summed E-state index contributed by atoms with van der Waals surface area (Å²) in [4.78, 5) is 12.4. The highest BCUT2D eigenvalue weighted by Crippen LogP contribution is 2.35. The fraction of sp³-hybridized carbons (Fsp3) is 0.0385. The summed E-state index contributed by atoms with van der Waals surface area (Å²) in [7, 11) is 0. The highest BCUT2D eigenvalue weighted by atomic mass is 19.4. The number of para-hydroxylation sites is 2. The predicted molar refractivity (Wildman–Crippen MR) is 130 cm³/mol. The lowest BCUT2D eigenvalue weighted by atomic mass is 10.1. The number of hydrazone groups is 1. The van der Waals surface area contributed by atoms with E-state index in [2.05, 4.69) is 15.4 Å². The minimum atomic E-state index is -4.68. The second-order valence-corrected chi connectivity index (χ2v) is 7.45. The second kappa shape index (κ2) is 10.1. The van der Waals surface area contributed by atoms with Gasteiger partial charge in [0.1, 0.15) is 5.69 Å². The molecule has 0 aliphatic heterocycles. The number of halogens is 3. The van der Waals surface area contributed by atoms with Crippen molar-refractivity contribution in [3.8, 4) is 0 Å². The molecule has 9 heteroatoms. The van der Waals surface area contributed by atoms with Gasteiger partial charge < -0.3 is 4.90 Å². The minimum Gasteiger partial charge on any atom is -0.311 e. The maximum Gasteiger partial charge on any atom is 0.416 e. The third-order valence-corrected chi connectivity index (χ3v) is 5.10. The molecule has 0 bridgehead atoms. The fourth-order valence-electron chi connectivity index (χ4n) is 3.44. The van der Waals surface area contributed by atoms with Crippen LogP contribution in [0.1, 0.15) is 11.1 Å². The van der Waals surface area contributed by atoms with E-state index in [1.54, 1.807) is 0 Å². The van der Waals surface area contributed by atoms with E-state index in [1.165, 1.54) is 6.21 Å². The van der Waals surface area contributed by atoms with Gasteiger partial charge in [0.2, 0.25) is 0 Å². The van der Waals surface area contributed by atoms with Crippen molar-refractivity contribution in [2.24, 2.45) is 5.10 Å². The SMILES string of the molecule is O=[N+]([O-])c1cc(C(F)(F)F)ccc1NN=Cc1ccc(N(c2ccccc2)c2ccccc2)cc1. The van der Waals surface area contributed by atoms with Crippen molar-refractivity contribution >= 4 is 34.7 Å². The highest BCUT2D eigenvalue weighted by molar-refractivity contribution is 5.83. The monoisotopic (exact) mass is 476 g/mol. The number of benzene rings is 4. The number of hydrogen-bond acceptors (Lipinski definition) is 5. The Kier molecular flexibility index (Phi) is 6.77. The molecule has 0 aliphatic rings. The van der Waals surface area contributed by atoms with Crippen molar-refractivity contribution in [2.75, 3.05) is 10.3 Å². The van der Waals surface area contributed by atoms with E-state index in [1.807, 2.05) is 84.9 Å². The van der Waals surface area contributed by atoms with Gasteiger partial charge in [-0.1, -0.05) is 48.5 Å². The van der Waals surface area contributed by atoms with Crippen LogP contribution < -0.4 is 10.3 Å². The van der Waals surface area contributed by atoms with Crippen LogP contribution in [-0.4, -0.2) is 11.1 Å². The molecule has 35 heavy (non-hydrogen) atoms. The van der Waals surface area contributed by atoms with E-state index < -0.39 is 22.4 Å². The molecule has 0 amide bonds. The average Bonchev–Trinajstić information content (AvgIpc) is 2.86. The molecule has 0 radical (unpaired) electrons. The van der Waals surface area contributed by atoms with Crippen LogP contribution in [-0.2, 0) is 6.18 Å². The average molecular weight is 476 g/mol. The van der Waals surface area contributed by atoms with Crippen molar-refractivity contribution < 1.29 is 18.1 Å². The summed E-state index contributed by atoms with van der Waals surface area (Å²) < 4.78 is 38.6. The lowest BCUT2D eigenvalue weighted by Gasteiger charge is -2.25. The zero-order valence-corrected chi connectivity index (χ0v) is 18.2. The van der Waals surface area contributed by atoms with Crippen molar-refractivity contribution in [1.29, 1.82) is 0 Å². The summed E-state index contributed by atoms with van der Waals surface area (Å²) >= 11 is 0. The van der Waals surface area contributed by atoms with E-state index in [0.717, 1.165) is 29.2 Å². The first-order valence-corrected chi connectivity index (χ1v) is 10.5. The standard InChI is InChI=1S/C26H19F3N4O2/c27-26(28,29)20-13-16-24(25(17-20)33(34)35)31-30-18-19-11-14-23(15-12-19)32(21-7-3-1-4-8-21)22-9-5-2-6-10-22/h1-18,31H. The molecule has 0 saturated carbocycles. The van der Waals surface area contributed by atoms with E-state index in [4.69, 9.17) is 0 Å².